The Balaban J connectivity index is 2.29. The molecule has 11 heteroatoms. The molecular formula is C16H14ClNO8S. The van der Waals surface area contributed by atoms with Crippen LogP contribution in [0.2, 0.25) is 5.02 Å². The summed E-state index contributed by atoms with van der Waals surface area (Å²) >= 11 is 6.77. The predicted molar refractivity (Wildman–Crippen MR) is 95.8 cm³/mol. The summed E-state index contributed by atoms with van der Waals surface area (Å²) < 4.78 is 14.7. The van der Waals surface area contributed by atoms with Gasteiger partial charge in [0.2, 0.25) is 0 Å². The number of esters is 1. The number of hydrogen-bond acceptors (Lipinski definition) is 8. The van der Waals surface area contributed by atoms with Crippen molar-refractivity contribution in [3.8, 4) is 11.5 Å². The number of amides is 2. The molecular weight excluding hydrogens is 402 g/mol. The van der Waals surface area contributed by atoms with E-state index in [1.54, 1.807) is 0 Å². The zero-order valence-electron chi connectivity index (χ0n) is 14.2. The smallest absolute Gasteiger partial charge is 0.341 e. The van der Waals surface area contributed by atoms with Crippen molar-refractivity contribution in [2.45, 2.75) is 0 Å². The van der Waals surface area contributed by atoms with E-state index < -0.39 is 36.2 Å². The molecule has 0 aromatic heterocycles. The maximum atomic E-state index is 12.3. The van der Waals surface area contributed by atoms with Gasteiger partial charge in [0.15, 0.2) is 18.1 Å². The predicted octanol–water partition coefficient (Wildman–Crippen LogP) is 2.02. The fourth-order valence-corrected chi connectivity index (χ4v) is 3.19. The third kappa shape index (κ3) is 4.92. The van der Waals surface area contributed by atoms with Gasteiger partial charge in [-0.2, -0.15) is 0 Å². The van der Waals surface area contributed by atoms with Crippen molar-refractivity contribution in [2.24, 2.45) is 0 Å². The number of rotatable bonds is 7. The topological polar surface area (TPSA) is 119 Å². The summed E-state index contributed by atoms with van der Waals surface area (Å²) in [7, 11) is 2.49. The van der Waals surface area contributed by atoms with Crippen LogP contribution in [-0.4, -0.2) is 60.5 Å². The van der Waals surface area contributed by atoms with E-state index in [1.165, 1.54) is 25.3 Å². The molecule has 1 heterocycles. The van der Waals surface area contributed by atoms with Gasteiger partial charge in [0.1, 0.15) is 6.54 Å². The van der Waals surface area contributed by atoms with Crippen molar-refractivity contribution in [1.29, 1.82) is 0 Å². The van der Waals surface area contributed by atoms with Gasteiger partial charge in [0.05, 0.1) is 24.1 Å². The van der Waals surface area contributed by atoms with Gasteiger partial charge in [-0.25, -0.2) is 4.79 Å². The van der Waals surface area contributed by atoms with Crippen LogP contribution in [0.15, 0.2) is 17.0 Å². The Labute approximate surface area is 162 Å². The summed E-state index contributed by atoms with van der Waals surface area (Å²) in [5.41, 5.74) is 0.420. The van der Waals surface area contributed by atoms with Crippen LogP contribution in [0, 0.1) is 0 Å². The van der Waals surface area contributed by atoms with Crippen molar-refractivity contribution in [1.82, 2.24) is 4.90 Å². The fourth-order valence-electron chi connectivity index (χ4n) is 2.08. The molecule has 27 heavy (non-hydrogen) atoms. The average molecular weight is 416 g/mol. The van der Waals surface area contributed by atoms with Crippen LogP contribution in [0.25, 0.3) is 6.08 Å². The van der Waals surface area contributed by atoms with E-state index in [2.05, 4.69) is 4.74 Å². The number of imide groups is 1. The molecule has 2 amide bonds. The molecule has 9 nitrogen and oxygen atoms in total. The Kier molecular flexibility index (Phi) is 6.70. The van der Waals surface area contributed by atoms with Crippen molar-refractivity contribution in [2.75, 3.05) is 27.4 Å². The second kappa shape index (κ2) is 8.78. The number of ether oxygens (including phenoxy) is 3. The standard InChI is InChI=1S/C16H14ClNO8S/c1-24-10-4-8(3-9(17)14(10)26-7-12(19)20)5-11-15(22)18(16(23)27-11)6-13(21)25-2/h3-5H,6-7H2,1-2H3,(H,19,20)/b11-5-. The number of hydrogen-bond donors (Lipinski definition) is 1. The number of carbonyl (C=O) groups is 4. The van der Waals surface area contributed by atoms with Crippen LogP contribution in [-0.2, 0) is 19.1 Å². The zero-order valence-corrected chi connectivity index (χ0v) is 15.8. The van der Waals surface area contributed by atoms with E-state index in [1.807, 2.05) is 0 Å². The van der Waals surface area contributed by atoms with Gasteiger partial charge >= 0.3 is 11.9 Å². The summed E-state index contributed by atoms with van der Waals surface area (Å²) in [6.07, 6.45) is 1.40. The highest BCUT2D eigenvalue weighted by molar-refractivity contribution is 8.18. The molecule has 0 atom stereocenters. The highest BCUT2D eigenvalue weighted by atomic mass is 35.5. The first-order valence-corrected chi connectivity index (χ1v) is 8.50. The van der Waals surface area contributed by atoms with Crippen molar-refractivity contribution >= 4 is 52.5 Å². The van der Waals surface area contributed by atoms with Crippen LogP contribution < -0.4 is 9.47 Å². The lowest BCUT2D eigenvalue weighted by Crippen LogP contribution is -2.34. The van der Waals surface area contributed by atoms with Gasteiger partial charge in [0.25, 0.3) is 11.1 Å². The molecule has 2 rings (SSSR count). The molecule has 1 aromatic rings. The maximum absolute atomic E-state index is 12.3. The summed E-state index contributed by atoms with van der Waals surface area (Å²) in [5.74, 6) is -2.35. The Morgan fingerprint density at radius 3 is 2.59 bits per heavy atom. The van der Waals surface area contributed by atoms with Crippen molar-refractivity contribution < 1.29 is 38.5 Å². The Bertz CT molecular complexity index is 838. The minimum Gasteiger partial charge on any atom is -0.493 e. The van der Waals surface area contributed by atoms with Crippen LogP contribution >= 0.6 is 23.4 Å². The second-order valence-corrected chi connectivity index (χ2v) is 6.46. The molecule has 144 valence electrons. The Morgan fingerprint density at radius 1 is 1.30 bits per heavy atom. The molecule has 1 aromatic carbocycles. The van der Waals surface area contributed by atoms with E-state index in [9.17, 15) is 19.2 Å². The Morgan fingerprint density at radius 2 is 2.00 bits per heavy atom. The summed E-state index contributed by atoms with van der Waals surface area (Å²) in [4.78, 5) is 47.0. The molecule has 1 fully saturated rings. The minimum atomic E-state index is -1.18. The van der Waals surface area contributed by atoms with Crippen LogP contribution in [0.4, 0.5) is 4.79 Å². The molecule has 1 saturated heterocycles. The molecule has 0 aliphatic carbocycles. The normalized spacial score (nSPS) is 15.2. The number of benzene rings is 1. The van der Waals surface area contributed by atoms with Gasteiger partial charge in [-0.1, -0.05) is 11.6 Å². The SMILES string of the molecule is COC(=O)CN1C(=O)S/C(=C\c2cc(Cl)c(OCC(=O)O)c(OC)c2)C1=O. The second-order valence-electron chi connectivity index (χ2n) is 5.06. The molecule has 0 unspecified atom stereocenters. The zero-order chi connectivity index (χ0) is 20.1. The summed E-state index contributed by atoms with van der Waals surface area (Å²) in [6.45, 7) is -1.09. The first kappa shape index (κ1) is 20.6. The van der Waals surface area contributed by atoms with Gasteiger partial charge in [-0.05, 0) is 35.5 Å². The van der Waals surface area contributed by atoms with E-state index in [-0.39, 0.29) is 21.4 Å². The lowest BCUT2D eigenvalue weighted by molar-refractivity contribution is -0.143. The number of carboxylic acid groups (broad SMARTS) is 1. The molecule has 1 N–H and O–H groups in total. The maximum Gasteiger partial charge on any atom is 0.341 e. The van der Waals surface area contributed by atoms with Gasteiger partial charge < -0.3 is 19.3 Å². The van der Waals surface area contributed by atoms with Crippen molar-refractivity contribution in [3.05, 3.63) is 27.6 Å². The first-order valence-electron chi connectivity index (χ1n) is 7.31. The number of thioether (sulfide) groups is 1. The number of aliphatic carboxylic acids is 1. The third-order valence-corrected chi connectivity index (χ3v) is 4.47. The molecule has 0 bridgehead atoms. The van der Waals surface area contributed by atoms with Crippen molar-refractivity contribution in [3.63, 3.8) is 0 Å². The van der Waals surface area contributed by atoms with Gasteiger partial charge in [0, 0.05) is 0 Å². The van der Waals surface area contributed by atoms with E-state index in [0.29, 0.717) is 17.3 Å². The first-order chi connectivity index (χ1) is 12.8. The average Bonchev–Trinajstić information content (AvgIpc) is 2.87. The fraction of sp³-hybridized carbons (Fsp3) is 0.250. The molecule has 1 aliphatic heterocycles. The quantitative estimate of drug-likeness (QED) is 0.526. The number of methoxy groups -OCH3 is 2. The van der Waals surface area contributed by atoms with Crippen LogP contribution in [0.1, 0.15) is 5.56 Å². The molecule has 0 radical (unpaired) electrons. The van der Waals surface area contributed by atoms with Gasteiger partial charge in [-0.15, -0.1) is 0 Å². The van der Waals surface area contributed by atoms with E-state index >= 15 is 0 Å². The summed E-state index contributed by atoms with van der Waals surface area (Å²) in [6, 6.07) is 2.90. The minimum absolute atomic E-state index is 0.0394. The Hall–Kier alpha value is -2.72. The van der Waals surface area contributed by atoms with Crippen LogP contribution in [0.5, 0.6) is 11.5 Å². The monoisotopic (exact) mass is 415 g/mol. The van der Waals surface area contributed by atoms with E-state index in [0.717, 1.165) is 12.0 Å². The summed E-state index contributed by atoms with van der Waals surface area (Å²) in [5, 5.41) is 8.17. The number of carbonyl (C=O) groups excluding carboxylic acids is 3. The van der Waals surface area contributed by atoms with Crippen LogP contribution in [0.3, 0.4) is 0 Å². The number of nitrogens with zero attached hydrogens (tertiary/aromatic N) is 1. The number of carboxylic acids is 1. The molecule has 0 spiro atoms. The lowest BCUT2D eigenvalue weighted by Gasteiger charge is -2.12. The van der Waals surface area contributed by atoms with E-state index in [4.69, 9.17) is 26.2 Å². The highest BCUT2D eigenvalue weighted by Gasteiger charge is 2.36. The van der Waals surface area contributed by atoms with Gasteiger partial charge in [-0.3, -0.25) is 19.3 Å². The largest absolute Gasteiger partial charge is 0.493 e. The number of halogens is 1. The molecule has 0 saturated carbocycles. The highest BCUT2D eigenvalue weighted by Crippen LogP contribution is 2.38. The third-order valence-electron chi connectivity index (χ3n) is 3.28. The lowest BCUT2D eigenvalue weighted by atomic mass is 10.1. The molecule has 1 aliphatic rings.